The normalized spacial score (nSPS) is 11.8. The number of nitrogens with one attached hydrogen (secondary N) is 2. The van der Waals surface area contributed by atoms with Crippen LogP contribution in [0.3, 0.4) is 0 Å². The maximum Gasteiger partial charge on any atom is 0.396 e. The van der Waals surface area contributed by atoms with E-state index >= 15 is 0 Å². The summed E-state index contributed by atoms with van der Waals surface area (Å²) in [7, 11) is 0. The molecule has 2 N–H and O–H groups in total. The molecular formula is C18H16F4N2O2. The molecule has 0 heterocycles. The van der Waals surface area contributed by atoms with Crippen molar-refractivity contribution in [3.05, 3.63) is 59.7 Å². The van der Waals surface area contributed by atoms with E-state index in [0.29, 0.717) is 0 Å². The van der Waals surface area contributed by atoms with Crippen molar-refractivity contribution in [2.24, 2.45) is 0 Å². The van der Waals surface area contributed by atoms with Gasteiger partial charge in [0.25, 0.3) is 0 Å². The third-order valence-electron chi connectivity index (χ3n) is 3.58. The number of alkyl halides is 4. The van der Waals surface area contributed by atoms with Gasteiger partial charge in [-0.25, -0.2) is 0 Å². The first-order valence-electron chi connectivity index (χ1n) is 7.56. The fourth-order valence-corrected chi connectivity index (χ4v) is 1.98. The molecule has 2 aromatic carbocycles. The third-order valence-corrected chi connectivity index (χ3v) is 3.58. The molecule has 2 rings (SSSR count). The Morgan fingerprint density at radius 1 is 0.654 bits per heavy atom. The van der Waals surface area contributed by atoms with E-state index in [1.807, 2.05) is 0 Å². The second kappa shape index (κ2) is 7.15. The fourth-order valence-electron chi connectivity index (χ4n) is 1.98. The number of halogens is 4. The van der Waals surface area contributed by atoms with E-state index in [1.54, 1.807) is 24.5 Å². The number of anilines is 2. The molecule has 0 spiro atoms. The molecule has 0 aliphatic heterocycles. The minimum absolute atomic E-state index is 0.0879. The number of hydrogen-bond acceptors (Lipinski definition) is 2. The first kappa shape index (κ1) is 19.4. The van der Waals surface area contributed by atoms with Gasteiger partial charge >= 0.3 is 23.7 Å². The van der Waals surface area contributed by atoms with Crippen LogP contribution in [0.1, 0.15) is 11.1 Å². The summed E-state index contributed by atoms with van der Waals surface area (Å²) in [6, 6.07) is 11.2. The zero-order chi connectivity index (χ0) is 19.5. The molecule has 0 bridgehead atoms. The van der Waals surface area contributed by atoms with Crippen LogP contribution in [0.25, 0.3) is 0 Å². The molecular weight excluding hydrogens is 352 g/mol. The monoisotopic (exact) mass is 368 g/mol. The van der Waals surface area contributed by atoms with Gasteiger partial charge in [-0.1, -0.05) is 35.4 Å². The number of rotatable bonds is 5. The molecule has 0 aromatic heterocycles. The Morgan fingerprint density at radius 2 is 0.923 bits per heavy atom. The third kappa shape index (κ3) is 4.01. The van der Waals surface area contributed by atoms with Crippen LogP contribution in [-0.4, -0.2) is 23.7 Å². The molecule has 0 saturated carbocycles. The van der Waals surface area contributed by atoms with Gasteiger partial charge in [0.05, 0.1) is 0 Å². The summed E-state index contributed by atoms with van der Waals surface area (Å²) in [4.78, 5) is 23.3. The fraction of sp³-hybridized carbons (Fsp3) is 0.222. The van der Waals surface area contributed by atoms with Crippen LogP contribution in [0.5, 0.6) is 0 Å². The van der Waals surface area contributed by atoms with Gasteiger partial charge in [0, 0.05) is 11.4 Å². The zero-order valence-corrected chi connectivity index (χ0v) is 13.9. The van der Waals surface area contributed by atoms with E-state index in [1.165, 1.54) is 48.5 Å². The van der Waals surface area contributed by atoms with E-state index in [9.17, 15) is 27.2 Å². The van der Waals surface area contributed by atoms with Crippen LogP contribution in [-0.2, 0) is 9.59 Å². The van der Waals surface area contributed by atoms with Gasteiger partial charge in [-0.3, -0.25) is 9.59 Å². The lowest BCUT2D eigenvalue weighted by Crippen LogP contribution is -2.56. The molecule has 138 valence electrons. The minimum atomic E-state index is -5.24. The van der Waals surface area contributed by atoms with Crippen LogP contribution >= 0.6 is 0 Å². The molecule has 8 heteroatoms. The lowest BCUT2D eigenvalue weighted by atomic mass is 10.1. The SMILES string of the molecule is Cc1ccc(NC(=O)C(F)(F)C(F)(F)C(=O)Nc2ccc(C)cc2)cc1. The minimum Gasteiger partial charge on any atom is -0.321 e. The van der Waals surface area contributed by atoms with Crippen LogP contribution in [0.4, 0.5) is 28.9 Å². The summed E-state index contributed by atoms with van der Waals surface area (Å²) in [5.41, 5.74) is 1.40. The van der Waals surface area contributed by atoms with Crippen molar-refractivity contribution in [2.45, 2.75) is 25.7 Å². The highest BCUT2D eigenvalue weighted by molar-refractivity contribution is 6.05. The van der Waals surface area contributed by atoms with E-state index in [2.05, 4.69) is 0 Å². The molecule has 0 aliphatic rings. The summed E-state index contributed by atoms with van der Waals surface area (Å²) in [5.74, 6) is -15.0. The Morgan fingerprint density at radius 3 is 1.19 bits per heavy atom. The van der Waals surface area contributed by atoms with Crippen molar-refractivity contribution >= 4 is 23.2 Å². The van der Waals surface area contributed by atoms with E-state index in [0.717, 1.165) is 11.1 Å². The predicted molar refractivity (Wildman–Crippen MR) is 89.5 cm³/mol. The zero-order valence-electron chi connectivity index (χ0n) is 13.9. The Hall–Kier alpha value is -2.90. The molecule has 0 aliphatic carbocycles. The van der Waals surface area contributed by atoms with Crippen molar-refractivity contribution < 1.29 is 27.2 Å². The van der Waals surface area contributed by atoms with Crippen molar-refractivity contribution in [3.63, 3.8) is 0 Å². The molecule has 0 saturated heterocycles. The van der Waals surface area contributed by atoms with E-state index in [4.69, 9.17) is 0 Å². The van der Waals surface area contributed by atoms with Crippen LogP contribution in [0.2, 0.25) is 0 Å². The summed E-state index contributed by atoms with van der Waals surface area (Å²) < 4.78 is 55.8. The van der Waals surface area contributed by atoms with Crippen LogP contribution in [0, 0.1) is 13.8 Å². The number of hydrogen-bond donors (Lipinski definition) is 2. The Labute approximate surface area is 147 Å². The Kier molecular flexibility index (Phi) is 5.34. The summed E-state index contributed by atoms with van der Waals surface area (Å²) >= 11 is 0. The highest BCUT2D eigenvalue weighted by atomic mass is 19.3. The Balaban J connectivity index is 2.15. The van der Waals surface area contributed by atoms with Gasteiger partial charge in [0.1, 0.15) is 0 Å². The van der Waals surface area contributed by atoms with Crippen molar-refractivity contribution in [1.29, 1.82) is 0 Å². The second-order valence-electron chi connectivity index (χ2n) is 5.79. The molecule has 0 radical (unpaired) electrons. The molecule has 26 heavy (non-hydrogen) atoms. The van der Waals surface area contributed by atoms with Gasteiger partial charge in [-0.05, 0) is 38.1 Å². The number of aryl methyl sites for hydroxylation is 2. The van der Waals surface area contributed by atoms with E-state index in [-0.39, 0.29) is 11.4 Å². The van der Waals surface area contributed by atoms with Crippen molar-refractivity contribution in [2.75, 3.05) is 10.6 Å². The summed E-state index contributed by atoms with van der Waals surface area (Å²) in [5, 5.41) is 3.39. The topological polar surface area (TPSA) is 58.2 Å². The van der Waals surface area contributed by atoms with Gasteiger partial charge in [-0.2, -0.15) is 17.6 Å². The maximum absolute atomic E-state index is 14.0. The maximum atomic E-state index is 14.0. The van der Waals surface area contributed by atoms with Crippen molar-refractivity contribution in [1.82, 2.24) is 0 Å². The molecule has 0 unspecified atom stereocenters. The highest BCUT2D eigenvalue weighted by Gasteiger charge is 2.67. The molecule has 2 amide bonds. The number of carbonyl (C=O) groups is 2. The first-order valence-corrected chi connectivity index (χ1v) is 7.56. The van der Waals surface area contributed by atoms with Gasteiger partial charge < -0.3 is 10.6 Å². The highest BCUT2D eigenvalue weighted by Crippen LogP contribution is 2.36. The average molecular weight is 368 g/mol. The average Bonchev–Trinajstić information content (AvgIpc) is 2.58. The van der Waals surface area contributed by atoms with E-state index < -0.39 is 23.7 Å². The predicted octanol–water partition coefficient (Wildman–Crippen LogP) is 4.15. The summed E-state index contributed by atoms with van der Waals surface area (Å²) in [6.07, 6.45) is 0. The largest absolute Gasteiger partial charge is 0.396 e. The molecule has 4 nitrogen and oxygen atoms in total. The smallest absolute Gasteiger partial charge is 0.321 e. The second-order valence-corrected chi connectivity index (χ2v) is 5.79. The lowest BCUT2D eigenvalue weighted by molar-refractivity contribution is -0.204. The number of amides is 2. The first-order chi connectivity index (χ1) is 12.0. The van der Waals surface area contributed by atoms with Crippen LogP contribution < -0.4 is 10.6 Å². The van der Waals surface area contributed by atoms with Crippen LogP contribution in [0.15, 0.2) is 48.5 Å². The number of carbonyl (C=O) groups excluding carboxylic acids is 2. The van der Waals surface area contributed by atoms with Gasteiger partial charge in [-0.15, -0.1) is 0 Å². The Bertz CT molecular complexity index is 733. The van der Waals surface area contributed by atoms with Crippen molar-refractivity contribution in [3.8, 4) is 0 Å². The molecule has 2 aromatic rings. The quantitative estimate of drug-likeness (QED) is 0.779. The lowest BCUT2D eigenvalue weighted by Gasteiger charge is -2.24. The van der Waals surface area contributed by atoms with Gasteiger partial charge in [0.2, 0.25) is 0 Å². The standard InChI is InChI=1S/C18H16F4N2O2/c1-11-3-7-13(8-4-11)23-15(25)17(19,20)18(21,22)16(26)24-14-9-5-12(2)6-10-14/h3-10H,1-2H3,(H,23,25)(H,24,26). The molecule has 0 fully saturated rings. The summed E-state index contributed by atoms with van der Waals surface area (Å²) in [6.45, 7) is 3.45. The molecule has 0 atom stereocenters. The van der Waals surface area contributed by atoms with Gasteiger partial charge in [0.15, 0.2) is 0 Å². The number of benzene rings is 2.